The van der Waals surface area contributed by atoms with Gasteiger partial charge >= 0.3 is 0 Å². The zero-order valence-corrected chi connectivity index (χ0v) is 18.2. The molecule has 0 spiro atoms. The lowest BCUT2D eigenvalue weighted by molar-refractivity contribution is 0.221. The normalized spacial score (nSPS) is 15.5. The molecule has 0 N–H and O–H groups in total. The van der Waals surface area contributed by atoms with Gasteiger partial charge in [-0.15, -0.1) is 11.3 Å². The number of hydrogen-bond donors (Lipinski definition) is 0. The zero-order valence-electron chi connectivity index (χ0n) is 17.3. The second-order valence-electron chi connectivity index (χ2n) is 7.96. The van der Waals surface area contributed by atoms with E-state index in [0.717, 1.165) is 48.6 Å². The maximum Gasteiger partial charge on any atom is 0.130 e. The van der Waals surface area contributed by atoms with Crippen molar-refractivity contribution in [3.8, 4) is 11.5 Å². The third kappa shape index (κ3) is 3.95. The standard InChI is InChI=1S/C25H25N3OS/c1-17-13-23(7-10-26-17)29-22-5-3-19-8-11-28(12-9-21(19)14-22)18(2)20-4-6-25-24(15-20)27-16-30-25/h3-7,10,13-16,18H,8-9,11-12H2,1-2H3. The summed E-state index contributed by atoms with van der Waals surface area (Å²) in [6.45, 7) is 6.39. The van der Waals surface area contributed by atoms with Crippen LogP contribution >= 0.6 is 11.3 Å². The van der Waals surface area contributed by atoms with Crippen molar-refractivity contribution in [3.05, 3.63) is 82.6 Å². The van der Waals surface area contributed by atoms with E-state index >= 15 is 0 Å². The van der Waals surface area contributed by atoms with Gasteiger partial charge < -0.3 is 4.74 Å². The van der Waals surface area contributed by atoms with Crippen molar-refractivity contribution in [2.24, 2.45) is 0 Å². The van der Waals surface area contributed by atoms with Gasteiger partial charge in [0, 0.05) is 37.1 Å². The molecule has 0 saturated heterocycles. The summed E-state index contributed by atoms with van der Waals surface area (Å²) in [5.41, 5.74) is 8.16. The van der Waals surface area contributed by atoms with Gasteiger partial charge in [-0.05, 0) is 73.7 Å². The Morgan fingerprint density at radius 3 is 2.63 bits per heavy atom. The molecular weight excluding hydrogens is 390 g/mol. The topological polar surface area (TPSA) is 38.2 Å². The lowest BCUT2D eigenvalue weighted by Crippen LogP contribution is -2.29. The van der Waals surface area contributed by atoms with Gasteiger partial charge in [-0.2, -0.15) is 0 Å². The highest BCUT2D eigenvalue weighted by Crippen LogP contribution is 2.30. The van der Waals surface area contributed by atoms with E-state index in [1.165, 1.54) is 21.4 Å². The van der Waals surface area contributed by atoms with Crippen molar-refractivity contribution in [1.82, 2.24) is 14.9 Å². The van der Waals surface area contributed by atoms with Crippen LogP contribution < -0.4 is 4.74 Å². The third-order valence-corrected chi connectivity index (χ3v) is 6.81. The molecule has 2 aromatic heterocycles. The Morgan fingerprint density at radius 2 is 1.77 bits per heavy atom. The Bertz CT molecular complexity index is 1190. The SMILES string of the molecule is Cc1cc(Oc2ccc3c(c2)CCN(C(C)c2ccc4scnc4c2)CC3)ccn1. The number of aromatic nitrogens is 2. The van der Waals surface area contributed by atoms with Gasteiger partial charge in [0.15, 0.2) is 0 Å². The van der Waals surface area contributed by atoms with E-state index in [4.69, 9.17) is 4.74 Å². The van der Waals surface area contributed by atoms with Crippen LogP contribution in [0.5, 0.6) is 11.5 Å². The number of rotatable bonds is 4. The van der Waals surface area contributed by atoms with Crippen LogP contribution in [0.15, 0.2) is 60.2 Å². The first kappa shape index (κ1) is 19.2. The molecule has 0 fully saturated rings. The Labute approximate surface area is 181 Å². The summed E-state index contributed by atoms with van der Waals surface area (Å²) in [4.78, 5) is 11.3. The molecule has 0 amide bonds. The number of fused-ring (bicyclic) bond motifs is 2. The Morgan fingerprint density at radius 1 is 0.933 bits per heavy atom. The fourth-order valence-electron chi connectivity index (χ4n) is 4.23. The Hall–Kier alpha value is -2.76. The van der Waals surface area contributed by atoms with E-state index in [-0.39, 0.29) is 0 Å². The lowest BCUT2D eigenvalue weighted by atomic mass is 10.0. The summed E-state index contributed by atoms with van der Waals surface area (Å²) in [5.74, 6) is 1.73. The number of hydrogen-bond acceptors (Lipinski definition) is 5. The van der Waals surface area contributed by atoms with E-state index in [1.807, 2.05) is 24.6 Å². The van der Waals surface area contributed by atoms with E-state index in [2.05, 4.69) is 58.2 Å². The highest BCUT2D eigenvalue weighted by atomic mass is 32.1. The molecule has 0 saturated carbocycles. The number of benzene rings is 2. The molecular formula is C25H25N3OS. The summed E-state index contributed by atoms with van der Waals surface area (Å²) in [6, 6.07) is 17.5. The van der Waals surface area contributed by atoms with Gasteiger partial charge in [0.2, 0.25) is 0 Å². The molecule has 0 radical (unpaired) electrons. The first-order valence-electron chi connectivity index (χ1n) is 10.5. The van der Waals surface area contributed by atoms with Gasteiger partial charge in [-0.25, -0.2) is 4.98 Å². The molecule has 152 valence electrons. The van der Waals surface area contributed by atoms with Gasteiger partial charge in [-0.1, -0.05) is 12.1 Å². The van der Waals surface area contributed by atoms with Crippen molar-refractivity contribution < 1.29 is 4.74 Å². The van der Waals surface area contributed by atoms with E-state index in [0.29, 0.717) is 6.04 Å². The molecule has 3 heterocycles. The van der Waals surface area contributed by atoms with Crippen LogP contribution in [0.3, 0.4) is 0 Å². The van der Waals surface area contributed by atoms with Gasteiger partial charge in [0.05, 0.1) is 15.7 Å². The van der Waals surface area contributed by atoms with Crippen LogP contribution in [-0.2, 0) is 12.8 Å². The van der Waals surface area contributed by atoms with Crippen molar-refractivity contribution in [1.29, 1.82) is 0 Å². The molecule has 1 unspecified atom stereocenters. The van der Waals surface area contributed by atoms with Gasteiger partial charge in [0.25, 0.3) is 0 Å². The van der Waals surface area contributed by atoms with Crippen LogP contribution in [0.25, 0.3) is 10.2 Å². The Balaban J connectivity index is 1.31. The smallest absolute Gasteiger partial charge is 0.130 e. The van der Waals surface area contributed by atoms with Crippen LogP contribution in [0.2, 0.25) is 0 Å². The molecule has 30 heavy (non-hydrogen) atoms. The van der Waals surface area contributed by atoms with E-state index in [1.54, 1.807) is 17.5 Å². The van der Waals surface area contributed by atoms with Crippen LogP contribution in [-0.4, -0.2) is 28.0 Å². The van der Waals surface area contributed by atoms with E-state index < -0.39 is 0 Å². The van der Waals surface area contributed by atoms with Gasteiger partial charge in [-0.3, -0.25) is 9.88 Å². The molecule has 4 nitrogen and oxygen atoms in total. The van der Waals surface area contributed by atoms with Crippen molar-refractivity contribution >= 4 is 21.6 Å². The summed E-state index contributed by atoms with van der Waals surface area (Å²) in [5, 5.41) is 0. The monoisotopic (exact) mass is 415 g/mol. The highest BCUT2D eigenvalue weighted by molar-refractivity contribution is 7.16. The number of pyridine rings is 1. The van der Waals surface area contributed by atoms with Crippen molar-refractivity contribution in [3.63, 3.8) is 0 Å². The predicted molar refractivity (Wildman–Crippen MR) is 123 cm³/mol. The average Bonchev–Trinajstić information content (AvgIpc) is 3.12. The molecule has 4 aromatic rings. The number of thiazole rings is 1. The largest absolute Gasteiger partial charge is 0.457 e. The quantitative estimate of drug-likeness (QED) is 0.413. The molecule has 0 bridgehead atoms. The van der Waals surface area contributed by atoms with Crippen LogP contribution in [0.1, 0.15) is 35.3 Å². The first-order valence-corrected chi connectivity index (χ1v) is 11.3. The third-order valence-electron chi connectivity index (χ3n) is 6.00. The maximum atomic E-state index is 6.08. The fourth-order valence-corrected chi connectivity index (χ4v) is 4.89. The molecule has 1 aliphatic heterocycles. The maximum absolute atomic E-state index is 6.08. The molecule has 1 atom stereocenters. The second-order valence-corrected chi connectivity index (χ2v) is 8.84. The molecule has 5 heteroatoms. The predicted octanol–water partition coefficient (Wildman–Crippen LogP) is 5.95. The molecule has 1 aliphatic rings. The fraction of sp³-hybridized carbons (Fsp3) is 0.280. The van der Waals surface area contributed by atoms with Crippen LogP contribution in [0, 0.1) is 6.92 Å². The zero-order chi connectivity index (χ0) is 20.5. The summed E-state index contributed by atoms with van der Waals surface area (Å²) >= 11 is 1.70. The van der Waals surface area contributed by atoms with Crippen LogP contribution in [0.4, 0.5) is 0 Å². The summed E-state index contributed by atoms with van der Waals surface area (Å²) < 4.78 is 7.34. The summed E-state index contributed by atoms with van der Waals surface area (Å²) in [7, 11) is 0. The number of aryl methyl sites for hydroxylation is 1. The van der Waals surface area contributed by atoms with E-state index in [9.17, 15) is 0 Å². The Kier molecular flexibility index (Phi) is 5.23. The number of nitrogens with zero attached hydrogens (tertiary/aromatic N) is 3. The second kappa shape index (κ2) is 8.17. The average molecular weight is 416 g/mol. The minimum absolute atomic E-state index is 0.376. The highest BCUT2D eigenvalue weighted by Gasteiger charge is 2.20. The minimum Gasteiger partial charge on any atom is -0.457 e. The molecule has 0 aliphatic carbocycles. The molecule has 2 aromatic carbocycles. The lowest BCUT2D eigenvalue weighted by Gasteiger charge is -2.28. The molecule has 5 rings (SSSR count). The number of ether oxygens (including phenoxy) is 1. The first-order chi connectivity index (χ1) is 14.7. The van der Waals surface area contributed by atoms with Gasteiger partial charge in [0.1, 0.15) is 11.5 Å². The summed E-state index contributed by atoms with van der Waals surface area (Å²) in [6.07, 6.45) is 3.88. The van der Waals surface area contributed by atoms with Crippen molar-refractivity contribution in [2.75, 3.05) is 13.1 Å². The van der Waals surface area contributed by atoms with Crippen molar-refractivity contribution in [2.45, 2.75) is 32.7 Å². The minimum atomic E-state index is 0.376.